The Balaban J connectivity index is 2.08. The van der Waals surface area contributed by atoms with E-state index < -0.39 is 0 Å². The van der Waals surface area contributed by atoms with E-state index in [1.165, 1.54) is 0 Å². The van der Waals surface area contributed by atoms with E-state index in [0.717, 1.165) is 41.0 Å². The Morgan fingerprint density at radius 1 is 1.32 bits per heavy atom. The van der Waals surface area contributed by atoms with E-state index in [1.807, 2.05) is 26.1 Å². The van der Waals surface area contributed by atoms with E-state index in [4.69, 9.17) is 9.47 Å². The molecule has 0 aliphatic carbocycles. The van der Waals surface area contributed by atoms with Gasteiger partial charge in [-0.05, 0) is 20.0 Å². The second-order valence-corrected chi connectivity index (χ2v) is 5.81. The lowest BCUT2D eigenvalue weighted by Gasteiger charge is -2.19. The Labute approximate surface area is 135 Å². The predicted octanol–water partition coefficient (Wildman–Crippen LogP) is 3.22. The summed E-state index contributed by atoms with van der Waals surface area (Å²) in [6, 6.07) is 5.99. The van der Waals surface area contributed by atoms with E-state index >= 15 is 0 Å². The van der Waals surface area contributed by atoms with Crippen LogP contribution in [0, 0.1) is 0 Å². The van der Waals surface area contributed by atoms with Crippen LogP contribution in [0.15, 0.2) is 23.6 Å². The van der Waals surface area contributed by atoms with Crippen molar-refractivity contribution in [2.75, 3.05) is 33.1 Å². The number of hydrogen-bond donors (Lipinski definition) is 1. The number of nitrogens with one attached hydrogen (secondary N) is 1. The van der Waals surface area contributed by atoms with E-state index in [9.17, 15) is 0 Å². The van der Waals surface area contributed by atoms with Crippen molar-refractivity contribution in [3.63, 3.8) is 0 Å². The standard InChI is InChI=1S/C16H23N3O2S/c1-5-21-15-12(7-6-8-14(15)20-4)9-19(3)10-13-11-22-16(17-2)18-13/h6-8,11H,5,9-10H2,1-4H3,(H,17,18). The molecule has 5 nitrogen and oxygen atoms in total. The van der Waals surface area contributed by atoms with Crippen LogP contribution in [-0.2, 0) is 13.1 Å². The summed E-state index contributed by atoms with van der Waals surface area (Å²) in [5.41, 5.74) is 2.19. The molecule has 0 fully saturated rings. The lowest BCUT2D eigenvalue weighted by Crippen LogP contribution is -2.18. The van der Waals surface area contributed by atoms with Gasteiger partial charge < -0.3 is 14.8 Å². The Hall–Kier alpha value is -1.79. The lowest BCUT2D eigenvalue weighted by atomic mass is 10.1. The van der Waals surface area contributed by atoms with Gasteiger partial charge in [-0.3, -0.25) is 4.90 Å². The third kappa shape index (κ3) is 4.11. The first-order valence-corrected chi connectivity index (χ1v) is 8.15. The van der Waals surface area contributed by atoms with Gasteiger partial charge in [-0.1, -0.05) is 12.1 Å². The minimum atomic E-state index is 0.620. The number of thiazole rings is 1. The highest BCUT2D eigenvalue weighted by Crippen LogP contribution is 2.32. The van der Waals surface area contributed by atoms with Crippen LogP contribution in [0.5, 0.6) is 11.5 Å². The first-order chi connectivity index (χ1) is 10.7. The molecule has 0 aliphatic rings. The summed E-state index contributed by atoms with van der Waals surface area (Å²) in [7, 11) is 5.63. The monoisotopic (exact) mass is 321 g/mol. The van der Waals surface area contributed by atoms with E-state index in [-0.39, 0.29) is 0 Å². The van der Waals surface area contributed by atoms with E-state index in [2.05, 4.69) is 33.7 Å². The molecule has 0 unspecified atom stereocenters. The van der Waals surface area contributed by atoms with Crippen molar-refractivity contribution in [1.82, 2.24) is 9.88 Å². The van der Waals surface area contributed by atoms with Crippen LogP contribution in [0.4, 0.5) is 5.13 Å². The molecule has 0 amide bonds. The maximum atomic E-state index is 5.76. The molecule has 1 N–H and O–H groups in total. The number of anilines is 1. The van der Waals surface area contributed by atoms with Crippen LogP contribution in [0.25, 0.3) is 0 Å². The number of benzene rings is 1. The van der Waals surface area contributed by atoms with E-state index in [1.54, 1.807) is 18.4 Å². The Kier molecular flexibility index (Phi) is 6.03. The number of methoxy groups -OCH3 is 1. The van der Waals surface area contributed by atoms with Gasteiger partial charge in [0.15, 0.2) is 16.6 Å². The second-order valence-electron chi connectivity index (χ2n) is 4.95. The van der Waals surface area contributed by atoms with Crippen molar-refractivity contribution in [3.8, 4) is 11.5 Å². The predicted molar refractivity (Wildman–Crippen MR) is 91.0 cm³/mol. The van der Waals surface area contributed by atoms with Crippen molar-refractivity contribution in [2.24, 2.45) is 0 Å². The van der Waals surface area contributed by atoms with Gasteiger partial charge in [-0.25, -0.2) is 4.98 Å². The molecular formula is C16H23N3O2S. The second kappa shape index (κ2) is 8.00. The fourth-order valence-corrected chi connectivity index (χ4v) is 2.94. The first kappa shape index (κ1) is 16.6. The van der Waals surface area contributed by atoms with Crippen LogP contribution in [0.3, 0.4) is 0 Å². The summed E-state index contributed by atoms with van der Waals surface area (Å²) in [5.74, 6) is 1.60. The molecule has 0 atom stereocenters. The zero-order valence-electron chi connectivity index (χ0n) is 13.5. The smallest absolute Gasteiger partial charge is 0.182 e. The summed E-state index contributed by atoms with van der Waals surface area (Å²) >= 11 is 1.62. The number of para-hydroxylation sites is 1. The molecule has 0 bridgehead atoms. The number of aromatic nitrogens is 1. The average Bonchev–Trinajstić information content (AvgIpc) is 2.96. The normalized spacial score (nSPS) is 10.8. The maximum Gasteiger partial charge on any atom is 0.182 e. The van der Waals surface area contributed by atoms with Gasteiger partial charge in [0, 0.05) is 31.1 Å². The van der Waals surface area contributed by atoms with Crippen LogP contribution in [0.2, 0.25) is 0 Å². The molecule has 0 aliphatic heterocycles. The van der Waals surface area contributed by atoms with Crippen LogP contribution in [0.1, 0.15) is 18.2 Å². The molecule has 2 rings (SSSR count). The molecule has 0 saturated carbocycles. The van der Waals surface area contributed by atoms with Crippen molar-refractivity contribution < 1.29 is 9.47 Å². The third-order valence-corrected chi connectivity index (χ3v) is 4.12. The van der Waals surface area contributed by atoms with Gasteiger partial charge in [-0.2, -0.15) is 0 Å². The molecular weight excluding hydrogens is 298 g/mol. The highest BCUT2D eigenvalue weighted by atomic mass is 32.1. The van der Waals surface area contributed by atoms with Crippen LogP contribution < -0.4 is 14.8 Å². The van der Waals surface area contributed by atoms with Crippen molar-refractivity contribution in [2.45, 2.75) is 20.0 Å². The van der Waals surface area contributed by atoms with Crippen LogP contribution >= 0.6 is 11.3 Å². The van der Waals surface area contributed by atoms with Crippen LogP contribution in [-0.4, -0.2) is 37.7 Å². The Morgan fingerprint density at radius 2 is 2.14 bits per heavy atom. The number of rotatable bonds is 8. The topological polar surface area (TPSA) is 46.6 Å². The highest BCUT2D eigenvalue weighted by Gasteiger charge is 2.13. The van der Waals surface area contributed by atoms with Gasteiger partial charge in [0.2, 0.25) is 0 Å². The quantitative estimate of drug-likeness (QED) is 0.809. The minimum Gasteiger partial charge on any atom is -0.493 e. The summed E-state index contributed by atoms with van der Waals surface area (Å²) in [4.78, 5) is 6.73. The van der Waals surface area contributed by atoms with Gasteiger partial charge in [0.05, 0.1) is 19.4 Å². The van der Waals surface area contributed by atoms with E-state index in [0.29, 0.717) is 6.61 Å². The van der Waals surface area contributed by atoms with Crippen molar-refractivity contribution in [1.29, 1.82) is 0 Å². The molecule has 1 heterocycles. The largest absolute Gasteiger partial charge is 0.493 e. The molecule has 6 heteroatoms. The minimum absolute atomic E-state index is 0.620. The molecule has 0 saturated heterocycles. The molecule has 120 valence electrons. The Morgan fingerprint density at radius 3 is 2.77 bits per heavy atom. The molecule has 0 spiro atoms. The lowest BCUT2D eigenvalue weighted by molar-refractivity contribution is 0.283. The van der Waals surface area contributed by atoms with Gasteiger partial charge >= 0.3 is 0 Å². The average molecular weight is 321 g/mol. The number of nitrogens with zero attached hydrogens (tertiary/aromatic N) is 2. The zero-order chi connectivity index (χ0) is 15.9. The summed E-state index contributed by atoms with van der Waals surface area (Å²) in [5, 5.41) is 6.09. The van der Waals surface area contributed by atoms with Crippen molar-refractivity contribution >= 4 is 16.5 Å². The summed E-state index contributed by atoms with van der Waals surface area (Å²) in [6.45, 7) is 4.17. The molecule has 2 aromatic rings. The van der Waals surface area contributed by atoms with Gasteiger partial charge in [0.1, 0.15) is 0 Å². The van der Waals surface area contributed by atoms with Gasteiger partial charge in [0.25, 0.3) is 0 Å². The maximum absolute atomic E-state index is 5.76. The molecule has 1 aromatic carbocycles. The summed E-state index contributed by atoms with van der Waals surface area (Å²) < 4.78 is 11.2. The molecule has 0 radical (unpaired) electrons. The van der Waals surface area contributed by atoms with Gasteiger partial charge in [-0.15, -0.1) is 11.3 Å². The Bertz CT molecular complexity index is 601. The fraction of sp³-hybridized carbons (Fsp3) is 0.438. The van der Waals surface area contributed by atoms with Crippen molar-refractivity contribution in [3.05, 3.63) is 34.8 Å². The molecule has 1 aromatic heterocycles. The highest BCUT2D eigenvalue weighted by molar-refractivity contribution is 7.13. The molecule has 22 heavy (non-hydrogen) atoms. The first-order valence-electron chi connectivity index (χ1n) is 7.27. The third-order valence-electron chi connectivity index (χ3n) is 3.21. The summed E-state index contributed by atoms with van der Waals surface area (Å²) in [6.07, 6.45) is 0. The number of ether oxygens (including phenoxy) is 2. The fourth-order valence-electron chi connectivity index (χ4n) is 2.27. The number of hydrogen-bond acceptors (Lipinski definition) is 6. The SMILES string of the molecule is CCOc1c(CN(C)Cc2csc(NC)n2)cccc1OC. The zero-order valence-corrected chi connectivity index (χ0v) is 14.4.